The molecule has 0 spiro atoms. The molecule has 0 atom stereocenters. The molecule has 0 saturated carbocycles. The van der Waals surface area contributed by atoms with E-state index in [1.807, 2.05) is 35.9 Å². The Hall–Kier alpha value is -2.17. The highest BCUT2D eigenvalue weighted by Gasteiger charge is 2.03. The standard InChI is InChI=1S/C10H10N4O/c1-14-6-12-13-10(14)8-2-4-9(5-3-8)11-7-15/h2-7H,1H3,(H,11,15). The predicted octanol–water partition coefficient (Wildman–Crippen LogP) is 1.05. The van der Waals surface area contributed by atoms with Crippen LogP contribution in [0.5, 0.6) is 0 Å². The number of amides is 1. The van der Waals surface area contributed by atoms with Gasteiger partial charge >= 0.3 is 0 Å². The van der Waals surface area contributed by atoms with Crippen LogP contribution in [0.25, 0.3) is 11.4 Å². The summed E-state index contributed by atoms with van der Waals surface area (Å²) in [5.41, 5.74) is 1.72. The van der Waals surface area contributed by atoms with Crippen LogP contribution in [0.15, 0.2) is 30.6 Å². The molecule has 1 aromatic carbocycles. The van der Waals surface area contributed by atoms with Crippen molar-refractivity contribution in [1.29, 1.82) is 0 Å². The molecule has 1 N–H and O–H groups in total. The van der Waals surface area contributed by atoms with Gasteiger partial charge in [0.25, 0.3) is 0 Å². The fraction of sp³-hybridized carbons (Fsp3) is 0.100. The zero-order chi connectivity index (χ0) is 10.7. The third-order valence-electron chi connectivity index (χ3n) is 2.08. The number of aryl methyl sites for hydroxylation is 1. The van der Waals surface area contributed by atoms with Gasteiger partial charge < -0.3 is 9.88 Å². The number of anilines is 1. The Labute approximate surface area is 86.8 Å². The maximum atomic E-state index is 10.2. The van der Waals surface area contributed by atoms with E-state index in [4.69, 9.17) is 0 Å². The molecule has 0 saturated heterocycles. The number of rotatable bonds is 3. The molecule has 5 heteroatoms. The zero-order valence-electron chi connectivity index (χ0n) is 8.21. The molecule has 2 rings (SSSR count). The molecule has 76 valence electrons. The van der Waals surface area contributed by atoms with E-state index in [0.29, 0.717) is 6.41 Å². The Bertz CT molecular complexity index is 461. The van der Waals surface area contributed by atoms with Gasteiger partial charge in [0.2, 0.25) is 6.41 Å². The molecular weight excluding hydrogens is 192 g/mol. The maximum absolute atomic E-state index is 10.2. The quantitative estimate of drug-likeness (QED) is 0.757. The number of hydrogen-bond donors (Lipinski definition) is 1. The zero-order valence-corrected chi connectivity index (χ0v) is 8.21. The summed E-state index contributed by atoms with van der Waals surface area (Å²) in [4.78, 5) is 10.2. The first kappa shape index (κ1) is 9.39. The summed E-state index contributed by atoms with van der Waals surface area (Å²) in [5, 5.41) is 10.4. The molecule has 5 nitrogen and oxygen atoms in total. The average molecular weight is 202 g/mol. The summed E-state index contributed by atoms with van der Waals surface area (Å²) in [5.74, 6) is 0.799. The Morgan fingerprint density at radius 3 is 2.60 bits per heavy atom. The lowest BCUT2D eigenvalue weighted by Gasteiger charge is -2.02. The molecule has 1 aromatic heterocycles. The molecule has 1 amide bonds. The van der Waals surface area contributed by atoms with Gasteiger partial charge in [0, 0.05) is 18.3 Å². The van der Waals surface area contributed by atoms with Gasteiger partial charge in [-0.15, -0.1) is 10.2 Å². The van der Waals surface area contributed by atoms with Crippen LogP contribution in [-0.2, 0) is 11.8 Å². The van der Waals surface area contributed by atoms with Crippen molar-refractivity contribution < 1.29 is 4.79 Å². The van der Waals surface area contributed by atoms with Gasteiger partial charge in [-0.2, -0.15) is 0 Å². The Morgan fingerprint density at radius 2 is 2.07 bits per heavy atom. The topological polar surface area (TPSA) is 59.8 Å². The molecular formula is C10H10N4O. The van der Waals surface area contributed by atoms with Crippen LogP contribution in [0.2, 0.25) is 0 Å². The van der Waals surface area contributed by atoms with Gasteiger partial charge in [0.05, 0.1) is 0 Å². The van der Waals surface area contributed by atoms with E-state index >= 15 is 0 Å². The van der Waals surface area contributed by atoms with Crippen molar-refractivity contribution in [3.63, 3.8) is 0 Å². The first-order valence-electron chi connectivity index (χ1n) is 4.46. The van der Waals surface area contributed by atoms with Crippen molar-refractivity contribution in [2.75, 3.05) is 5.32 Å². The summed E-state index contributed by atoms with van der Waals surface area (Å²) >= 11 is 0. The second kappa shape index (κ2) is 3.91. The SMILES string of the molecule is Cn1cnnc1-c1ccc(NC=O)cc1. The number of nitrogens with one attached hydrogen (secondary N) is 1. The van der Waals surface area contributed by atoms with Crippen LogP contribution in [0.4, 0.5) is 5.69 Å². The predicted molar refractivity (Wildman–Crippen MR) is 56.1 cm³/mol. The van der Waals surface area contributed by atoms with Gasteiger partial charge in [-0.05, 0) is 24.3 Å². The van der Waals surface area contributed by atoms with E-state index in [1.165, 1.54) is 0 Å². The molecule has 1 heterocycles. The largest absolute Gasteiger partial charge is 0.329 e. The van der Waals surface area contributed by atoms with E-state index in [1.54, 1.807) is 6.33 Å². The van der Waals surface area contributed by atoms with Crippen LogP contribution >= 0.6 is 0 Å². The lowest BCUT2D eigenvalue weighted by atomic mass is 10.2. The highest BCUT2D eigenvalue weighted by Crippen LogP contribution is 2.17. The minimum absolute atomic E-state index is 0.650. The van der Waals surface area contributed by atoms with Crippen molar-refractivity contribution in [2.45, 2.75) is 0 Å². The van der Waals surface area contributed by atoms with Crippen molar-refractivity contribution in [3.8, 4) is 11.4 Å². The Morgan fingerprint density at radius 1 is 1.33 bits per heavy atom. The molecule has 2 aromatic rings. The first-order chi connectivity index (χ1) is 7.31. The van der Waals surface area contributed by atoms with Crippen LogP contribution in [0.3, 0.4) is 0 Å². The van der Waals surface area contributed by atoms with Crippen LogP contribution in [-0.4, -0.2) is 21.2 Å². The Balaban J connectivity index is 2.31. The summed E-state index contributed by atoms with van der Waals surface area (Å²) < 4.78 is 1.84. The average Bonchev–Trinajstić information content (AvgIpc) is 2.66. The summed E-state index contributed by atoms with van der Waals surface area (Å²) in [6.45, 7) is 0. The van der Waals surface area contributed by atoms with E-state index in [2.05, 4.69) is 15.5 Å². The highest BCUT2D eigenvalue weighted by atomic mass is 16.1. The minimum Gasteiger partial charge on any atom is -0.329 e. The third kappa shape index (κ3) is 1.85. The van der Waals surface area contributed by atoms with Crippen LogP contribution in [0, 0.1) is 0 Å². The van der Waals surface area contributed by atoms with Gasteiger partial charge in [0.15, 0.2) is 5.82 Å². The van der Waals surface area contributed by atoms with E-state index in [-0.39, 0.29) is 0 Å². The van der Waals surface area contributed by atoms with Crippen molar-refractivity contribution in [2.24, 2.45) is 7.05 Å². The van der Waals surface area contributed by atoms with Crippen molar-refractivity contribution in [1.82, 2.24) is 14.8 Å². The van der Waals surface area contributed by atoms with Crippen molar-refractivity contribution in [3.05, 3.63) is 30.6 Å². The van der Waals surface area contributed by atoms with Gasteiger partial charge in [-0.1, -0.05) is 0 Å². The number of hydrogen-bond acceptors (Lipinski definition) is 3. The monoisotopic (exact) mass is 202 g/mol. The van der Waals surface area contributed by atoms with E-state index < -0.39 is 0 Å². The molecule has 0 bridgehead atoms. The van der Waals surface area contributed by atoms with Crippen LogP contribution < -0.4 is 5.32 Å². The lowest BCUT2D eigenvalue weighted by molar-refractivity contribution is -0.105. The van der Waals surface area contributed by atoms with Crippen molar-refractivity contribution >= 4 is 12.1 Å². The summed E-state index contributed by atoms with van der Waals surface area (Å²) in [7, 11) is 1.88. The summed E-state index contributed by atoms with van der Waals surface area (Å²) in [6.07, 6.45) is 2.30. The molecule has 0 radical (unpaired) electrons. The molecule has 15 heavy (non-hydrogen) atoms. The number of benzene rings is 1. The highest BCUT2D eigenvalue weighted by molar-refractivity contribution is 5.72. The maximum Gasteiger partial charge on any atom is 0.211 e. The van der Waals surface area contributed by atoms with E-state index in [0.717, 1.165) is 17.1 Å². The first-order valence-corrected chi connectivity index (χ1v) is 4.46. The number of aromatic nitrogens is 3. The molecule has 0 unspecified atom stereocenters. The third-order valence-corrected chi connectivity index (χ3v) is 2.08. The number of carbonyl (C=O) groups is 1. The normalized spacial score (nSPS) is 9.93. The summed E-state index contributed by atoms with van der Waals surface area (Å²) in [6, 6.07) is 7.41. The second-order valence-corrected chi connectivity index (χ2v) is 3.10. The lowest BCUT2D eigenvalue weighted by Crippen LogP contribution is -1.94. The fourth-order valence-corrected chi connectivity index (χ4v) is 1.33. The van der Waals surface area contributed by atoms with Crippen LogP contribution in [0.1, 0.15) is 0 Å². The smallest absolute Gasteiger partial charge is 0.211 e. The molecule has 0 fully saturated rings. The van der Waals surface area contributed by atoms with E-state index in [9.17, 15) is 4.79 Å². The Kier molecular flexibility index (Phi) is 2.45. The fourth-order valence-electron chi connectivity index (χ4n) is 1.33. The second-order valence-electron chi connectivity index (χ2n) is 3.10. The molecule has 0 aliphatic heterocycles. The molecule has 0 aliphatic carbocycles. The number of nitrogens with zero attached hydrogens (tertiary/aromatic N) is 3. The van der Waals surface area contributed by atoms with Gasteiger partial charge in [-0.25, -0.2) is 0 Å². The molecule has 0 aliphatic rings. The minimum atomic E-state index is 0.650. The number of carbonyl (C=O) groups excluding carboxylic acids is 1. The van der Waals surface area contributed by atoms with Gasteiger partial charge in [0.1, 0.15) is 6.33 Å². The van der Waals surface area contributed by atoms with Gasteiger partial charge in [-0.3, -0.25) is 4.79 Å².